The van der Waals surface area contributed by atoms with Crippen LogP contribution >= 0.6 is 0 Å². The van der Waals surface area contributed by atoms with Gasteiger partial charge in [-0.15, -0.1) is 0 Å². The Morgan fingerprint density at radius 2 is 1.25 bits per heavy atom. The van der Waals surface area contributed by atoms with Crippen molar-refractivity contribution in [2.24, 2.45) is 0 Å². The van der Waals surface area contributed by atoms with Gasteiger partial charge in [0, 0.05) is 0 Å². The molecule has 0 fully saturated rings. The van der Waals surface area contributed by atoms with E-state index in [1.165, 1.54) is 25.7 Å². The van der Waals surface area contributed by atoms with Crippen molar-refractivity contribution < 1.29 is 0 Å². The Hall–Kier alpha value is -1.30. The highest BCUT2D eigenvalue weighted by Gasteiger charge is 1.79. The van der Waals surface area contributed by atoms with Crippen LogP contribution in [-0.4, -0.2) is 0 Å². The Morgan fingerprint density at radius 1 is 0.688 bits per heavy atom. The molecule has 0 N–H and O–H groups in total. The Kier molecular flexibility index (Phi) is 12.6. The number of hydrogen-bond donors (Lipinski definition) is 0. The molecule has 0 spiro atoms. The summed E-state index contributed by atoms with van der Waals surface area (Å²) < 4.78 is 0. The number of unbranched alkanes of at least 4 members (excludes halogenated alkanes) is 3. The van der Waals surface area contributed by atoms with Gasteiger partial charge in [-0.25, -0.2) is 0 Å². The molecule has 0 aliphatic rings. The molecule has 0 rings (SSSR count). The molecule has 88 valence electrons. The van der Waals surface area contributed by atoms with Gasteiger partial charge in [-0.1, -0.05) is 80.5 Å². The predicted molar refractivity (Wildman–Crippen MR) is 75.5 cm³/mol. The smallest absolute Gasteiger partial charge is 0.0348 e. The monoisotopic (exact) mass is 216 g/mol. The Bertz CT molecular complexity index is 262. The maximum atomic E-state index is 2.23. The number of allylic oxidation sites excluding steroid dienone is 10. The molecule has 0 aromatic rings. The van der Waals surface area contributed by atoms with Gasteiger partial charge in [-0.2, -0.15) is 0 Å². The van der Waals surface area contributed by atoms with E-state index < -0.39 is 0 Å². The van der Waals surface area contributed by atoms with Crippen molar-refractivity contribution in [3.63, 3.8) is 0 Å². The fourth-order valence-electron chi connectivity index (χ4n) is 1.18. The summed E-state index contributed by atoms with van der Waals surface area (Å²) in [6, 6.07) is 0. The summed E-state index contributed by atoms with van der Waals surface area (Å²) in [5, 5.41) is 0. The molecule has 0 bridgehead atoms. The summed E-state index contributed by atoms with van der Waals surface area (Å²) in [6.45, 7) is 4.24. The maximum Gasteiger partial charge on any atom is -0.0348 e. The summed E-state index contributed by atoms with van der Waals surface area (Å²) >= 11 is 0. The average Bonchev–Trinajstić information content (AvgIpc) is 2.31. The topological polar surface area (TPSA) is 0 Å². The fraction of sp³-hybridized carbons (Fsp3) is 0.375. The first-order valence-electron chi connectivity index (χ1n) is 6.19. The van der Waals surface area contributed by atoms with E-state index in [1.54, 1.807) is 0 Å². The van der Waals surface area contributed by atoms with Crippen LogP contribution in [-0.2, 0) is 0 Å². The lowest BCUT2D eigenvalue weighted by molar-refractivity contribution is 0.729. The second-order valence-electron chi connectivity index (χ2n) is 3.60. The molecule has 0 saturated carbocycles. The van der Waals surface area contributed by atoms with Gasteiger partial charge in [0.05, 0.1) is 0 Å². The Labute approximate surface area is 101 Å². The predicted octanol–water partition coefficient (Wildman–Crippen LogP) is 5.37. The van der Waals surface area contributed by atoms with Crippen LogP contribution in [0.15, 0.2) is 60.8 Å². The average molecular weight is 216 g/mol. The molecule has 0 atom stereocenters. The molecule has 0 nitrogen and oxygen atoms in total. The molecule has 0 heterocycles. The first kappa shape index (κ1) is 14.7. The minimum Gasteiger partial charge on any atom is -0.0877 e. The van der Waals surface area contributed by atoms with Crippen LogP contribution in [0.5, 0.6) is 0 Å². The van der Waals surface area contributed by atoms with Crippen molar-refractivity contribution in [2.75, 3.05) is 0 Å². The van der Waals surface area contributed by atoms with Crippen molar-refractivity contribution >= 4 is 0 Å². The summed E-state index contributed by atoms with van der Waals surface area (Å²) in [6.07, 6.45) is 25.8. The molecule has 0 aromatic heterocycles. The van der Waals surface area contributed by atoms with Crippen molar-refractivity contribution in [2.45, 2.75) is 39.5 Å². The third kappa shape index (κ3) is 12.7. The maximum absolute atomic E-state index is 2.23. The molecule has 0 amide bonds. The third-order valence-electron chi connectivity index (χ3n) is 2.08. The highest BCUT2D eigenvalue weighted by atomic mass is 13.9. The van der Waals surface area contributed by atoms with E-state index in [-0.39, 0.29) is 0 Å². The van der Waals surface area contributed by atoms with E-state index in [0.29, 0.717) is 0 Å². The van der Waals surface area contributed by atoms with Gasteiger partial charge < -0.3 is 0 Å². The number of rotatable bonds is 8. The van der Waals surface area contributed by atoms with Crippen molar-refractivity contribution in [3.05, 3.63) is 60.8 Å². The van der Waals surface area contributed by atoms with Crippen LogP contribution in [0, 0.1) is 0 Å². The van der Waals surface area contributed by atoms with E-state index in [0.717, 1.165) is 0 Å². The molecule has 0 aromatic carbocycles. The summed E-state index contributed by atoms with van der Waals surface area (Å²) in [5.74, 6) is 0. The van der Waals surface area contributed by atoms with E-state index in [2.05, 4.69) is 31.2 Å². The van der Waals surface area contributed by atoms with E-state index in [9.17, 15) is 0 Å². The zero-order chi connectivity index (χ0) is 11.9. The lowest BCUT2D eigenvalue weighted by atomic mass is 10.2. The largest absolute Gasteiger partial charge is 0.0877 e. The molecule has 0 radical (unpaired) electrons. The van der Waals surface area contributed by atoms with Crippen molar-refractivity contribution in [1.82, 2.24) is 0 Å². The van der Waals surface area contributed by atoms with Gasteiger partial charge in [0.15, 0.2) is 0 Å². The van der Waals surface area contributed by atoms with Crippen LogP contribution in [0.2, 0.25) is 0 Å². The summed E-state index contributed by atoms with van der Waals surface area (Å²) in [7, 11) is 0. The normalized spacial score (nSPS) is 13.4. The van der Waals surface area contributed by atoms with Crippen molar-refractivity contribution in [3.8, 4) is 0 Å². The third-order valence-corrected chi connectivity index (χ3v) is 2.08. The lowest BCUT2D eigenvalue weighted by Gasteiger charge is -1.89. The molecule has 0 heteroatoms. The van der Waals surface area contributed by atoms with Crippen molar-refractivity contribution in [1.29, 1.82) is 0 Å². The fourth-order valence-corrected chi connectivity index (χ4v) is 1.18. The van der Waals surface area contributed by atoms with Crippen LogP contribution in [0.3, 0.4) is 0 Å². The minimum absolute atomic E-state index is 1.20. The Balaban J connectivity index is 3.53. The van der Waals surface area contributed by atoms with Gasteiger partial charge >= 0.3 is 0 Å². The molecule has 16 heavy (non-hydrogen) atoms. The van der Waals surface area contributed by atoms with Crippen LogP contribution < -0.4 is 0 Å². The highest BCUT2D eigenvalue weighted by molar-refractivity contribution is 5.17. The second-order valence-corrected chi connectivity index (χ2v) is 3.60. The van der Waals surface area contributed by atoms with Gasteiger partial charge in [-0.05, 0) is 19.8 Å². The molecule has 0 unspecified atom stereocenters. The van der Waals surface area contributed by atoms with Crippen LogP contribution in [0.4, 0.5) is 0 Å². The molecule has 0 aliphatic heterocycles. The highest BCUT2D eigenvalue weighted by Crippen LogP contribution is 1.99. The SMILES string of the molecule is C/C=C/C=C/C=C/C=C/C=C/CCCCC. The molecule has 0 saturated heterocycles. The number of hydrogen-bond acceptors (Lipinski definition) is 0. The van der Waals surface area contributed by atoms with Crippen LogP contribution in [0.25, 0.3) is 0 Å². The first-order valence-corrected chi connectivity index (χ1v) is 6.19. The first-order chi connectivity index (χ1) is 7.91. The summed E-state index contributed by atoms with van der Waals surface area (Å²) in [5.41, 5.74) is 0. The van der Waals surface area contributed by atoms with E-state index >= 15 is 0 Å². The van der Waals surface area contributed by atoms with Gasteiger partial charge in [0.25, 0.3) is 0 Å². The van der Waals surface area contributed by atoms with Crippen LogP contribution in [0.1, 0.15) is 39.5 Å². The van der Waals surface area contributed by atoms with E-state index in [4.69, 9.17) is 0 Å². The van der Waals surface area contributed by atoms with E-state index in [1.807, 2.05) is 43.4 Å². The Morgan fingerprint density at radius 3 is 1.81 bits per heavy atom. The second kappa shape index (κ2) is 13.7. The van der Waals surface area contributed by atoms with Gasteiger partial charge in [0.2, 0.25) is 0 Å². The minimum atomic E-state index is 1.20. The molecular weight excluding hydrogens is 192 g/mol. The standard InChI is InChI=1S/C16H24/c1-3-5-7-9-11-13-15-16-14-12-10-8-6-4-2/h3,5,7,9,11-16H,4,6,8,10H2,1-2H3/b5-3+,9-7+,13-11+,14-12+,16-15+. The summed E-state index contributed by atoms with van der Waals surface area (Å²) in [4.78, 5) is 0. The van der Waals surface area contributed by atoms with Gasteiger partial charge in [-0.3, -0.25) is 0 Å². The lowest BCUT2D eigenvalue weighted by Crippen LogP contribution is -1.69. The zero-order valence-corrected chi connectivity index (χ0v) is 10.6. The molecule has 0 aliphatic carbocycles. The zero-order valence-electron chi connectivity index (χ0n) is 10.6. The van der Waals surface area contributed by atoms with Gasteiger partial charge in [0.1, 0.15) is 0 Å². The quantitative estimate of drug-likeness (QED) is 0.378. The molecular formula is C16H24.